The average molecular weight is 532 g/mol. The molecule has 3 heteroatoms. The molecule has 0 bridgehead atoms. The van der Waals surface area contributed by atoms with Crippen molar-refractivity contribution >= 4 is 42.5 Å². The summed E-state index contributed by atoms with van der Waals surface area (Å²) >= 11 is 1.89. The van der Waals surface area contributed by atoms with Crippen LogP contribution in [0.1, 0.15) is 81.5 Å². The molecule has 2 aromatic heterocycles. The zero-order valence-electron chi connectivity index (χ0n) is 24.5. The van der Waals surface area contributed by atoms with E-state index in [1.165, 1.54) is 70.5 Å². The van der Waals surface area contributed by atoms with Crippen LogP contribution in [0.25, 0.3) is 48.3 Å². The lowest BCUT2D eigenvalue weighted by Gasteiger charge is -2.21. The number of para-hydroxylation sites is 2. The summed E-state index contributed by atoms with van der Waals surface area (Å²) in [7, 11) is 2.23. The molecule has 2 heterocycles. The summed E-state index contributed by atoms with van der Waals surface area (Å²) in [5.74, 6) is 2.54. The number of aromatic nitrogens is 2. The fourth-order valence-electron chi connectivity index (χ4n) is 6.13. The minimum absolute atomic E-state index is 0.403. The quantitative estimate of drug-likeness (QED) is 0.196. The van der Waals surface area contributed by atoms with Crippen molar-refractivity contribution in [3.05, 3.63) is 95.1 Å². The fraction of sp³-hybridized carbons (Fsp3) is 0.306. The second kappa shape index (κ2) is 9.64. The molecule has 0 fully saturated rings. The lowest BCUT2D eigenvalue weighted by Crippen LogP contribution is -2.30. The fourth-order valence-corrected chi connectivity index (χ4v) is 7.32. The van der Waals surface area contributed by atoms with E-state index in [-0.39, 0.29) is 0 Å². The second-order valence-corrected chi connectivity index (χ2v) is 13.1. The molecule has 198 valence electrons. The first-order valence-electron chi connectivity index (χ1n) is 14.3. The Balaban J connectivity index is 1.78. The maximum Gasteiger partial charge on any atom is 0.295 e. The van der Waals surface area contributed by atoms with E-state index in [0.29, 0.717) is 17.8 Å². The number of imidazole rings is 1. The van der Waals surface area contributed by atoms with E-state index in [0.717, 1.165) is 0 Å². The van der Waals surface area contributed by atoms with Crippen molar-refractivity contribution in [1.82, 2.24) is 4.57 Å². The number of hydrogen-bond donors (Lipinski definition) is 0. The summed E-state index contributed by atoms with van der Waals surface area (Å²) in [6.45, 7) is 16.3. The predicted octanol–water partition coefficient (Wildman–Crippen LogP) is 10.2. The molecule has 6 aromatic rings. The standard InChI is InChI=1S/C36H39N2S/c1-21(2)25-18-27(22(3)4)35(28(19-25)23(5)6)38-32-15-11-10-14-31(32)37(8)36(38)29-20-30-26-13-9-12-16-33(26)39-34(30)17-24(29)7/h9-23H,1-8H3/q+1. The molecule has 4 aromatic carbocycles. The highest BCUT2D eigenvalue weighted by Crippen LogP contribution is 2.41. The van der Waals surface area contributed by atoms with Gasteiger partial charge in [0.05, 0.1) is 12.6 Å². The molecule has 0 N–H and O–H groups in total. The van der Waals surface area contributed by atoms with Crippen molar-refractivity contribution in [2.45, 2.75) is 66.2 Å². The summed E-state index contributed by atoms with van der Waals surface area (Å²) in [5.41, 5.74) is 10.7. The third kappa shape index (κ3) is 4.10. The molecular formula is C36H39N2S+. The number of hydrogen-bond acceptors (Lipinski definition) is 1. The van der Waals surface area contributed by atoms with Crippen molar-refractivity contribution in [3.8, 4) is 17.1 Å². The van der Waals surface area contributed by atoms with E-state index in [4.69, 9.17) is 0 Å². The topological polar surface area (TPSA) is 8.81 Å². The number of benzene rings is 4. The molecular weight excluding hydrogens is 492 g/mol. The predicted molar refractivity (Wildman–Crippen MR) is 170 cm³/mol. The van der Waals surface area contributed by atoms with Crippen LogP contribution in [-0.2, 0) is 7.05 Å². The Labute approximate surface area is 236 Å². The van der Waals surface area contributed by atoms with Gasteiger partial charge in [0.2, 0.25) is 0 Å². The van der Waals surface area contributed by atoms with Gasteiger partial charge < -0.3 is 0 Å². The molecule has 2 nitrogen and oxygen atoms in total. The van der Waals surface area contributed by atoms with Gasteiger partial charge in [-0.2, -0.15) is 4.57 Å². The number of aryl methyl sites for hydroxylation is 2. The highest BCUT2D eigenvalue weighted by Gasteiger charge is 2.32. The number of nitrogens with zero attached hydrogens (tertiary/aromatic N) is 2. The minimum Gasteiger partial charge on any atom is -0.225 e. The van der Waals surface area contributed by atoms with Gasteiger partial charge in [0, 0.05) is 31.3 Å². The Morgan fingerprint density at radius 2 is 1.33 bits per heavy atom. The Morgan fingerprint density at radius 1 is 0.692 bits per heavy atom. The maximum atomic E-state index is 2.58. The van der Waals surface area contributed by atoms with Crippen LogP contribution < -0.4 is 4.57 Å². The normalized spacial score (nSPS) is 12.3. The van der Waals surface area contributed by atoms with Gasteiger partial charge in [-0.25, -0.2) is 4.57 Å². The molecule has 6 rings (SSSR count). The smallest absolute Gasteiger partial charge is 0.225 e. The summed E-state index contributed by atoms with van der Waals surface area (Å²) in [6, 6.07) is 27.5. The van der Waals surface area contributed by atoms with Crippen LogP contribution in [-0.4, -0.2) is 4.57 Å². The number of thiophene rings is 1. The van der Waals surface area contributed by atoms with Crippen molar-refractivity contribution in [2.75, 3.05) is 0 Å². The molecule has 0 radical (unpaired) electrons. The lowest BCUT2D eigenvalue weighted by atomic mass is 9.87. The Bertz CT molecular complexity index is 1830. The number of fused-ring (bicyclic) bond motifs is 4. The third-order valence-electron chi connectivity index (χ3n) is 8.30. The van der Waals surface area contributed by atoms with Gasteiger partial charge in [-0.05, 0) is 66.1 Å². The van der Waals surface area contributed by atoms with Crippen molar-refractivity contribution < 1.29 is 4.57 Å². The third-order valence-corrected chi connectivity index (χ3v) is 9.44. The molecule has 0 aliphatic carbocycles. The summed E-state index contributed by atoms with van der Waals surface area (Å²) in [5, 5.41) is 2.69. The first-order valence-corrected chi connectivity index (χ1v) is 15.1. The Hall–Kier alpha value is -3.43. The van der Waals surface area contributed by atoms with Gasteiger partial charge in [-0.15, -0.1) is 11.3 Å². The molecule has 0 saturated carbocycles. The first-order chi connectivity index (χ1) is 18.7. The summed E-state index contributed by atoms with van der Waals surface area (Å²) < 4.78 is 7.69. The molecule has 0 saturated heterocycles. The largest absolute Gasteiger partial charge is 0.295 e. The van der Waals surface area contributed by atoms with Crippen molar-refractivity contribution in [2.24, 2.45) is 7.05 Å². The van der Waals surface area contributed by atoms with E-state index in [2.05, 4.69) is 137 Å². The monoisotopic (exact) mass is 531 g/mol. The SMILES string of the molecule is Cc1cc2sc3ccccc3c2cc1-c1n(-c2c(C(C)C)cc(C(C)C)cc2C(C)C)c2ccccc2[n+]1C. The molecule has 0 spiro atoms. The number of rotatable bonds is 5. The summed E-state index contributed by atoms with van der Waals surface area (Å²) in [4.78, 5) is 0. The van der Waals surface area contributed by atoms with E-state index < -0.39 is 0 Å². The average Bonchev–Trinajstić information content (AvgIpc) is 3.41. The second-order valence-electron chi connectivity index (χ2n) is 12.0. The zero-order valence-corrected chi connectivity index (χ0v) is 25.3. The van der Waals surface area contributed by atoms with E-state index in [9.17, 15) is 0 Å². The van der Waals surface area contributed by atoms with Crippen LogP contribution in [0.4, 0.5) is 0 Å². The van der Waals surface area contributed by atoms with Crippen LogP contribution in [0, 0.1) is 6.92 Å². The van der Waals surface area contributed by atoms with Gasteiger partial charge >= 0.3 is 0 Å². The molecule has 0 aliphatic heterocycles. The highest BCUT2D eigenvalue weighted by molar-refractivity contribution is 7.25. The van der Waals surface area contributed by atoms with Gasteiger partial charge in [0.25, 0.3) is 5.82 Å². The molecule has 0 atom stereocenters. The van der Waals surface area contributed by atoms with Crippen molar-refractivity contribution in [1.29, 1.82) is 0 Å². The Morgan fingerprint density at radius 3 is 2.00 bits per heavy atom. The highest BCUT2D eigenvalue weighted by atomic mass is 32.1. The van der Waals surface area contributed by atoms with Gasteiger partial charge in [-0.1, -0.05) is 84.0 Å². The van der Waals surface area contributed by atoms with E-state index in [1.807, 2.05) is 11.3 Å². The van der Waals surface area contributed by atoms with Gasteiger partial charge in [0.15, 0.2) is 11.0 Å². The van der Waals surface area contributed by atoms with Crippen LogP contribution in [0.3, 0.4) is 0 Å². The van der Waals surface area contributed by atoms with Crippen LogP contribution in [0.2, 0.25) is 0 Å². The molecule has 0 amide bonds. The lowest BCUT2D eigenvalue weighted by molar-refractivity contribution is -0.633. The zero-order chi connectivity index (χ0) is 27.6. The minimum atomic E-state index is 0.403. The summed E-state index contributed by atoms with van der Waals surface area (Å²) in [6.07, 6.45) is 0. The first kappa shape index (κ1) is 25.8. The van der Waals surface area contributed by atoms with E-state index >= 15 is 0 Å². The molecule has 39 heavy (non-hydrogen) atoms. The van der Waals surface area contributed by atoms with Crippen LogP contribution >= 0.6 is 11.3 Å². The molecule has 0 aliphatic rings. The molecule has 0 unspecified atom stereocenters. The van der Waals surface area contributed by atoms with Crippen LogP contribution in [0.5, 0.6) is 0 Å². The maximum absolute atomic E-state index is 2.58. The van der Waals surface area contributed by atoms with Gasteiger partial charge in [-0.3, -0.25) is 0 Å². The van der Waals surface area contributed by atoms with E-state index in [1.54, 1.807) is 0 Å². The Kier molecular flexibility index (Phi) is 6.38. The van der Waals surface area contributed by atoms with Crippen molar-refractivity contribution in [3.63, 3.8) is 0 Å². The van der Waals surface area contributed by atoms with Crippen LogP contribution in [0.15, 0.2) is 72.8 Å². The van der Waals surface area contributed by atoms with Gasteiger partial charge in [0.1, 0.15) is 5.69 Å².